The highest BCUT2D eigenvalue weighted by molar-refractivity contribution is 7.12. The van der Waals surface area contributed by atoms with Gasteiger partial charge in [0.25, 0.3) is 5.91 Å². The quantitative estimate of drug-likeness (QED) is 0.876. The maximum Gasteiger partial charge on any atom is 0.303 e. The minimum absolute atomic E-state index is 0.0730. The topological polar surface area (TPSA) is 98.2 Å². The second-order valence-electron chi connectivity index (χ2n) is 4.49. The average Bonchev–Trinajstić information content (AvgIpc) is 2.93. The smallest absolute Gasteiger partial charge is 0.303 e. The summed E-state index contributed by atoms with van der Waals surface area (Å²) in [5.41, 5.74) is 8.62. The third-order valence-corrected chi connectivity index (χ3v) is 4.04. The van der Waals surface area contributed by atoms with Crippen LogP contribution in [0.1, 0.15) is 33.0 Å². The highest BCUT2D eigenvalue weighted by atomic mass is 32.1. The number of aromatic nitrogens is 2. The van der Waals surface area contributed by atoms with Crippen LogP contribution in [0.5, 0.6) is 0 Å². The van der Waals surface area contributed by atoms with Gasteiger partial charge in [0.1, 0.15) is 0 Å². The number of hydrogen-bond acceptors (Lipinski definition) is 4. The Morgan fingerprint density at radius 3 is 2.70 bits per heavy atom. The second kappa shape index (κ2) is 5.46. The summed E-state index contributed by atoms with van der Waals surface area (Å²) >= 11 is 1.27. The van der Waals surface area contributed by atoms with Crippen molar-refractivity contribution >= 4 is 23.2 Å². The molecule has 0 radical (unpaired) electrons. The van der Waals surface area contributed by atoms with Gasteiger partial charge in [0.15, 0.2) is 0 Å². The van der Waals surface area contributed by atoms with Crippen molar-refractivity contribution in [2.24, 2.45) is 5.73 Å². The lowest BCUT2D eigenvalue weighted by atomic mass is 10.1. The number of carbonyl (C=O) groups is 2. The highest BCUT2D eigenvalue weighted by Gasteiger charge is 2.15. The van der Waals surface area contributed by atoms with Gasteiger partial charge < -0.3 is 10.8 Å². The van der Waals surface area contributed by atoms with Crippen LogP contribution in [-0.4, -0.2) is 26.8 Å². The van der Waals surface area contributed by atoms with Crippen LogP contribution in [0.2, 0.25) is 0 Å². The first kappa shape index (κ1) is 14.3. The number of carbonyl (C=O) groups excluding carboxylic acids is 1. The summed E-state index contributed by atoms with van der Waals surface area (Å²) in [6.07, 6.45) is 0.517. The third-order valence-electron chi connectivity index (χ3n) is 3.10. The van der Waals surface area contributed by atoms with E-state index in [2.05, 4.69) is 5.10 Å². The lowest BCUT2D eigenvalue weighted by Gasteiger charge is -2.02. The Balaban J connectivity index is 2.35. The predicted molar refractivity (Wildman–Crippen MR) is 75.4 cm³/mol. The van der Waals surface area contributed by atoms with Gasteiger partial charge in [0.05, 0.1) is 16.3 Å². The fourth-order valence-corrected chi connectivity index (χ4v) is 2.81. The molecule has 0 aliphatic carbocycles. The largest absolute Gasteiger partial charge is 0.481 e. The van der Waals surface area contributed by atoms with Gasteiger partial charge in [0.2, 0.25) is 0 Å². The van der Waals surface area contributed by atoms with E-state index in [4.69, 9.17) is 10.8 Å². The number of amides is 1. The molecule has 2 aromatic rings. The predicted octanol–water partition coefficient (Wildman–Crippen LogP) is 1.67. The SMILES string of the molecule is Cc1nn(-c2csc(C(N)=O)c2)c(C)c1CCC(=O)O. The Morgan fingerprint density at radius 1 is 1.45 bits per heavy atom. The van der Waals surface area contributed by atoms with Crippen LogP contribution in [0.3, 0.4) is 0 Å². The molecule has 0 aliphatic rings. The van der Waals surface area contributed by atoms with Gasteiger partial charge in [0, 0.05) is 17.5 Å². The molecule has 0 fully saturated rings. The van der Waals surface area contributed by atoms with E-state index in [-0.39, 0.29) is 6.42 Å². The van der Waals surface area contributed by atoms with Crippen molar-refractivity contribution < 1.29 is 14.7 Å². The molecule has 6 nitrogen and oxygen atoms in total. The number of rotatable bonds is 5. The molecule has 2 heterocycles. The number of nitrogens with two attached hydrogens (primary N) is 1. The normalized spacial score (nSPS) is 10.7. The standard InChI is InChI=1S/C13H15N3O3S/c1-7-10(3-4-12(17)18)8(2)16(15-7)9-5-11(13(14)19)20-6-9/h5-6H,3-4H2,1-2H3,(H2,14,19)(H,17,18). The fraction of sp³-hybridized carbons (Fsp3) is 0.308. The van der Waals surface area contributed by atoms with Crippen molar-refractivity contribution in [3.05, 3.63) is 33.3 Å². The molecule has 0 atom stereocenters. The number of hydrogen-bond donors (Lipinski definition) is 2. The molecule has 1 amide bonds. The van der Waals surface area contributed by atoms with E-state index in [0.717, 1.165) is 22.6 Å². The summed E-state index contributed by atoms with van der Waals surface area (Å²) in [6, 6.07) is 1.69. The molecular formula is C13H15N3O3S. The van der Waals surface area contributed by atoms with Crippen molar-refractivity contribution in [3.63, 3.8) is 0 Å². The van der Waals surface area contributed by atoms with E-state index in [9.17, 15) is 9.59 Å². The molecule has 2 rings (SSSR count). The minimum Gasteiger partial charge on any atom is -0.481 e. The molecule has 106 valence electrons. The molecule has 0 bridgehead atoms. The van der Waals surface area contributed by atoms with Crippen molar-refractivity contribution in [2.75, 3.05) is 0 Å². The van der Waals surface area contributed by atoms with E-state index in [1.54, 1.807) is 16.1 Å². The Kier molecular flexibility index (Phi) is 3.89. The van der Waals surface area contributed by atoms with Gasteiger partial charge in [-0.15, -0.1) is 11.3 Å². The number of primary amides is 1. The Morgan fingerprint density at radius 2 is 2.15 bits per heavy atom. The van der Waals surface area contributed by atoms with Crippen LogP contribution in [-0.2, 0) is 11.2 Å². The number of nitrogens with zero attached hydrogens (tertiary/aromatic N) is 2. The number of carboxylic acid groups (broad SMARTS) is 1. The summed E-state index contributed by atoms with van der Waals surface area (Å²) in [7, 11) is 0. The summed E-state index contributed by atoms with van der Waals surface area (Å²) in [6.45, 7) is 3.74. The van der Waals surface area contributed by atoms with Gasteiger partial charge in [-0.25, -0.2) is 4.68 Å². The van der Waals surface area contributed by atoms with E-state index >= 15 is 0 Å². The van der Waals surface area contributed by atoms with Crippen LogP contribution in [0.15, 0.2) is 11.4 Å². The Hall–Kier alpha value is -2.15. The third kappa shape index (κ3) is 2.72. The molecule has 0 unspecified atom stereocenters. The monoisotopic (exact) mass is 293 g/mol. The molecule has 3 N–H and O–H groups in total. The van der Waals surface area contributed by atoms with Gasteiger partial charge in [-0.05, 0) is 31.9 Å². The van der Waals surface area contributed by atoms with E-state index in [0.29, 0.717) is 11.3 Å². The summed E-state index contributed by atoms with van der Waals surface area (Å²) < 4.78 is 1.72. The molecule has 0 spiro atoms. The molecular weight excluding hydrogens is 278 g/mol. The zero-order valence-electron chi connectivity index (χ0n) is 11.2. The zero-order chi connectivity index (χ0) is 14.9. The first-order chi connectivity index (χ1) is 9.40. The van der Waals surface area contributed by atoms with Gasteiger partial charge in [-0.1, -0.05) is 0 Å². The maximum atomic E-state index is 11.1. The van der Waals surface area contributed by atoms with Crippen LogP contribution in [0.25, 0.3) is 5.69 Å². The van der Waals surface area contributed by atoms with Gasteiger partial charge >= 0.3 is 5.97 Å². The molecule has 20 heavy (non-hydrogen) atoms. The van der Waals surface area contributed by atoms with Crippen molar-refractivity contribution in [1.82, 2.24) is 9.78 Å². The summed E-state index contributed by atoms with van der Waals surface area (Å²) in [5, 5.41) is 15.0. The average molecular weight is 293 g/mol. The van der Waals surface area contributed by atoms with E-state index in [1.807, 2.05) is 13.8 Å². The molecule has 2 aromatic heterocycles. The summed E-state index contributed by atoms with van der Waals surface area (Å²) in [4.78, 5) is 22.3. The summed E-state index contributed by atoms with van der Waals surface area (Å²) in [5.74, 6) is -1.29. The Labute approximate surface area is 119 Å². The Bertz CT molecular complexity index is 672. The maximum absolute atomic E-state index is 11.1. The van der Waals surface area contributed by atoms with Crippen molar-refractivity contribution in [1.29, 1.82) is 0 Å². The number of thiophene rings is 1. The van der Waals surface area contributed by atoms with E-state index in [1.165, 1.54) is 11.3 Å². The van der Waals surface area contributed by atoms with Gasteiger partial charge in [-0.3, -0.25) is 9.59 Å². The molecule has 0 saturated heterocycles. The number of aliphatic carboxylic acids is 1. The first-order valence-electron chi connectivity index (χ1n) is 6.05. The highest BCUT2D eigenvalue weighted by Crippen LogP contribution is 2.23. The molecule has 0 saturated carbocycles. The van der Waals surface area contributed by atoms with Crippen molar-refractivity contribution in [3.8, 4) is 5.69 Å². The first-order valence-corrected chi connectivity index (χ1v) is 6.93. The van der Waals surface area contributed by atoms with Crippen molar-refractivity contribution in [2.45, 2.75) is 26.7 Å². The van der Waals surface area contributed by atoms with Crippen LogP contribution >= 0.6 is 11.3 Å². The van der Waals surface area contributed by atoms with Gasteiger partial charge in [-0.2, -0.15) is 5.10 Å². The minimum atomic E-state index is -0.830. The zero-order valence-corrected chi connectivity index (χ0v) is 12.0. The molecule has 7 heteroatoms. The van der Waals surface area contributed by atoms with Crippen LogP contribution in [0.4, 0.5) is 0 Å². The molecule has 0 aromatic carbocycles. The van der Waals surface area contributed by atoms with Crippen LogP contribution in [0, 0.1) is 13.8 Å². The van der Waals surface area contributed by atoms with Crippen LogP contribution < -0.4 is 5.73 Å². The van der Waals surface area contributed by atoms with E-state index < -0.39 is 11.9 Å². The number of aryl methyl sites for hydroxylation is 1. The number of carboxylic acids is 1. The fourth-order valence-electron chi connectivity index (χ4n) is 2.09. The molecule has 0 aliphatic heterocycles. The second-order valence-corrected chi connectivity index (χ2v) is 5.40. The lowest BCUT2D eigenvalue weighted by Crippen LogP contribution is -2.08. The lowest BCUT2D eigenvalue weighted by molar-refractivity contribution is -0.136.